The summed E-state index contributed by atoms with van der Waals surface area (Å²) in [6, 6.07) is 1.47. The van der Waals surface area contributed by atoms with Crippen molar-refractivity contribution >= 4 is 24.2 Å². The molecule has 2 aliphatic rings. The van der Waals surface area contributed by atoms with Crippen LogP contribution in [-0.2, 0) is 11.3 Å². The Hall–Kier alpha value is -1.86. The molecule has 0 spiro atoms. The Labute approximate surface area is 178 Å². The number of carbonyl (C=O) groups excluding carboxylic acids is 2. The number of hydrogen-bond donors (Lipinski definition) is 2. The van der Waals surface area contributed by atoms with E-state index in [1.54, 1.807) is 13.8 Å². The molecule has 29 heavy (non-hydrogen) atoms. The molecular formula is C21H33ClN4O3. The summed E-state index contributed by atoms with van der Waals surface area (Å²) in [4.78, 5) is 39.9. The summed E-state index contributed by atoms with van der Waals surface area (Å²) in [6.45, 7) is 10.8. The van der Waals surface area contributed by atoms with Crippen LogP contribution in [0.15, 0.2) is 10.9 Å². The van der Waals surface area contributed by atoms with E-state index in [0.717, 1.165) is 39.0 Å². The molecule has 2 amide bonds. The molecule has 3 heterocycles. The molecule has 1 aromatic heterocycles. The summed E-state index contributed by atoms with van der Waals surface area (Å²) < 4.78 is 1.41. The van der Waals surface area contributed by atoms with Crippen molar-refractivity contribution in [2.24, 2.45) is 11.8 Å². The predicted octanol–water partition coefficient (Wildman–Crippen LogP) is 1.48. The van der Waals surface area contributed by atoms with Gasteiger partial charge in [0.25, 0.3) is 11.5 Å². The van der Waals surface area contributed by atoms with Crippen LogP contribution in [0.5, 0.6) is 0 Å². The summed E-state index contributed by atoms with van der Waals surface area (Å²) in [5.74, 6) is 1.04. The summed E-state index contributed by atoms with van der Waals surface area (Å²) in [5, 5.41) is 6.26. The number of pyridine rings is 1. The van der Waals surface area contributed by atoms with Gasteiger partial charge in [0.15, 0.2) is 0 Å². The number of rotatable bonds is 4. The molecule has 2 fully saturated rings. The lowest BCUT2D eigenvalue weighted by molar-refractivity contribution is -0.122. The van der Waals surface area contributed by atoms with Crippen molar-refractivity contribution in [1.82, 2.24) is 20.1 Å². The second-order valence-electron chi connectivity index (χ2n) is 8.48. The van der Waals surface area contributed by atoms with Gasteiger partial charge in [0.05, 0.1) is 5.56 Å². The van der Waals surface area contributed by atoms with Crippen molar-refractivity contribution in [3.8, 4) is 0 Å². The van der Waals surface area contributed by atoms with Crippen molar-refractivity contribution in [2.45, 2.75) is 53.1 Å². The van der Waals surface area contributed by atoms with E-state index in [0.29, 0.717) is 28.7 Å². The zero-order valence-corrected chi connectivity index (χ0v) is 18.6. The molecule has 0 radical (unpaired) electrons. The highest BCUT2D eigenvalue weighted by Gasteiger charge is 2.32. The smallest absolute Gasteiger partial charge is 0.255 e. The summed E-state index contributed by atoms with van der Waals surface area (Å²) >= 11 is 0. The van der Waals surface area contributed by atoms with Crippen LogP contribution < -0.4 is 16.2 Å². The molecular weight excluding hydrogens is 392 g/mol. The third-order valence-electron chi connectivity index (χ3n) is 6.04. The van der Waals surface area contributed by atoms with Crippen molar-refractivity contribution in [1.29, 1.82) is 0 Å². The molecule has 162 valence electrons. The zero-order valence-electron chi connectivity index (χ0n) is 17.8. The first-order chi connectivity index (χ1) is 13.3. The van der Waals surface area contributed by atoms with Crippen LogP contribution in [0, 0.1) is 25.7 Å². The van der Waals surface area contributed by atoms with Crippen LogP contribution >= 0.6 is 12.4 Å². The summed E-state index contributed by atoms with van der Waals surface area (Å²) in [7, 11) is 0. The van der Waals surface area contributed by atoms with Gasteiger partial charge in [-0.05, 0) is 71.0 Å². The molecule has 0 aliphatic carbocycles. The van der Waals surface area contributed by atoms with Crippen LogP contribution in [0.2, 0.25) is 0 Å². The van der Waals surface area contributed by atoms with E-state index in [2.05, 4.69) is 10.6 Å². The number of aryl methyl sites for hydroxylation is 1. The molecule has 8 heteroatoms. The van der Waals surface area contributed by atoms with E-state index in [1.807, 2.05) is 18.7 Å². The lowest BCUT2D eigenvalue weighted by Crippen LogP contribution is -2.39. The number of amides is 2. The Morgan fingerprint density at radius 3 is 2.31 bits per heavy atom. The van der Waals surface area contributed by atoms with Gasteiger partial charge in [0.1, 0.15) is 6.54 Å². The standard InChI is InChI=1S/C21H32N4O3.ClH/c1-13(2)23-18(26)12-25-15(4)20(14(3)9-19(25)27)21(28)24-7-5-16-10-22-11-17(16)6-8-24;/h9,13,16-17,22H,5-8,10-12H2,1-4H3,(H,23,26);1H/t16-,17+;. The number of hydrogen-bond acceptors (Lipinski definition) is 4. The van der Waals surface area contributed by atoms with Crippen molar-refractivity contribution in [2.75, 3.05) is 26.2 Å². The summed E-state index contributed by atoms with van der Waals surface area (Å²) in [5.41, 5.74) is 1.56. The average molecular weight is 425 g/mol. The number of nitrogens with one attached hydrogen (secondary N) is 2. The first-order valence-electron chi connectivity index (χ1n) is 10.3. The maximum atomic E-state index is 13.3. The van der Waals surface area contributed by atoms with Crippen LogP contribution in [0.4, 0.5) is 0 Å². The number of likely N-dealkylation sites (tertiary alicyclic amines) is 1. The van der Waals surface area contributed by atoms with E-state index >= 15 is 0 Å². The van der Waals surface area contributed by atoms with E-state index < -0.39 is 0 Å². The second-order valence-corrected chi connectivity index (χ2v) is 8.48. The van der Waals surface area contributed by atoms with Gasteiger partial charge in [-0.2, -0.15) is 0 Å². The van der Waals surface area contributed by atoms with Crippen molar-refractivity contribution < 1.29 is 9.59 Å². The number of carbonyl (C=O) groups is 2. The largest absolute Gasteiger partial charge is 0.352 e. The van der Waals surface area contributed by atoms with Gasteiger partial charge in [-0.3, -0.25) is 14.4 Å². The molecule has 0 saturated carbocycles. The highest BCUT2D eigenvalue weighted by Crippen LogP contribution is 2.28. The predicted molar refractivity (Wildman–Crippen MR) is 116 cm³/mol. The maximum Gasteiger partial charge on any atom is 0.255 e. The third kappa shape index (κ3) is 5.20. The van der Waals surface area contributed by atoms with Gasteiger partial charge < -0.3 is 20.1 Å². The van der Waals surface area contributed by atoms with Gasteiger partial charge in [-0.15, -0.1) is 12.4 Å². The normalized spacial score (nSPS) is 21.3. The second kappa shape index (κ2) is 9.76. The van der Waals surface area contributed by atoms with E-state index in [-0.39, 0.29) is 42.4 Å². The Balaban J connectivity index is 0.00000300. The van der Waals surface area contributed by atoms with Crippen LogP contribution in [0.3, 0.4) is 0 Å². The lowest BCUT2D eigenvalue weighted by atomic mass is 9.92. The quantitative estimate of drug-likeness (QED) is 0.766. The van der Waals surface area contributed by atoms with Crippen LogP contribution in [-0.4, -0.2) is 53.5 Å². The lowest BCUT2D eigenvalue weighted by Gasteiger charge is -2.24. The van der Waals surface area contributed by atoms with E-state index in [9.17, 15) is 14.4 Å². The molecule has 2 saturated heterocycles. The molecule has 2 atom stereocenters. The fraction of sp³-hybridized carbons (Fsp3) is 0.667. The van der Waals surface area contributed by atoms with Gasteiger partial charge in [0, 0.05) is 30.9 Å². The molecule has 1 aromatic rings. The molecule has 2 aliphatic heterocycles. The van der Waals surface area contributed by atoms with E-state index in [1.165, 1.54) is 10.6 Å². The van der Waals surface area contributed by atoms with Crippen molar-refractivity contribution in [3.05, 3.63) is 33.2 Å². The van der Waals surface area contributed by atoms with Crippen LogP contribution in [0.1, 0.15) is 48.3 Å². The van der Waals surface area contributed by atoms with Gasteiger partial charge in [-0.25, -0.2) is 0 Å². The highest BCUT2D eigenvalue weighted by atomic mass is 35.5. The average Bonchev–Trinajstić information content (AvgIpc) is 2.96. The minimum atomic E-state index is -0.248. The highest BCUT2D eigenvalue weighted by molar-refractivity contribution is 5.96. The fourth-order valence-corrected chi connectivity index (χ4v) is 4.53. The topological polar surface area (TPSA) is 83.4 Å². The van der Waals surface area contributed by atoms with Crippen LogP contribution in [0.25, 0.3) is 0 Å². The maximum absolute atomic E-state index is 13.3. The minimum absolute atomic E-state index is 0. The Kier molecular flexibility index (Phi) is 7.88. The van der Waals surface area contributed by atoms with Gasteiger partial charge in [-0.1, -0.05) is 0 Å². The zero-order chi connectivity index (χ0) is 20.4. The van der Waals surface area contributed by atoms with Gasteiger partial charge in [0.2, 0.25) is 5.91 Å². The fourth-order valence-electron chi connectivity index (χ4n) is 4.53. The molecule has 2 N–H and O–H groups in total. The molecule has 0 bridgehead atoms. The number of aromatic nitrogens is 1. The first-order valence-corrected chi connectivity index (χ1v) is 10.3. The molecule has 7 nitrogen and oxygen atoms in total. The number of fused-ring (bicyclic) bond motifs is 1. The van der Waals surface area contributed by atoms with E-state index in [4.69, 9.17) is 0 Å². The van der Waals surface area contributed by atoms with Gasteiger partial charge >= 0.3 is 0 Å². The Bertz CT molecular complexity index is 807. The SMILES string of the molecule is Cc1cc(=O)n(CC(=O)NC(C)C)c(C)c1C(=O)N1CC[C@@H]2CNC[C@@H]2CC1.Cl. The first kappa shape index (κ1) is 23.4. The number of nitrogens with zero attached hydrogens (tertiary/aromatic N) is 2. The minimum Gasteiger partial charge on any atom is -0.352 e. The number of halogens is 1. The molecule has 3 rings (SSSR count). The molecule has 0 unspecified atom stereocenters. The third-order valence-corrected chi connectivity index (χ3v) is 6.04. The monoisotopic (exact) mass is 424 g/mol. The Morgan fingerprint density at radius 1 is 1.17 bits per heavy atom. The molecule has 0 aromatic carbocycles. The summed E-state index contributed by atoms with van der Waals surface area (Å²) in [6.07, 6.45) is 2.02. The van der Waals surface area contributed by atoms with Crippen molar-refractivity contribution in [3.63, 3.8) is 0 Å². The Morgan fingerprint density at radius 2 is 1.76 bits per heavy atom.